The first-order valence-corrected chi connectivity index (χ1v) is 5.63. The number of nitrogens with one attached hydrogen (secondary N) is 1. The van der Waals surface area contributed by atoms with Crippen LogP contribution in [0.25, 0.3) is 0 Å². The normalized spacial score (nSPS) is 12.7. The van der Waals surface area contributed by atoms with Crippen molar-refractivity contribution in [1.29, 1.82) is 0 Å². The first-order valence-electron chi connectivity index (χ1n) is 4.43. The molecule has 0 amide bonds. The highest BCUT2D eigenvalue weighted by atomic mass is 79.9. The predicted octanol–water partition coefficient (Wildman–Crippen LogP) is 2.71. The Hall–Kier alpha value is -1.01. The van der Waals surface area contributed by atoms with Gasteiger partial charge < -0.3 is 0 Å². The number of halogens is 1. The number of tetrazole rings is 1. The monoisotopic (exact) mass is 284 g/mol. The van der Waals surface area contributed by atoms with Crippen molar-refractivity contribution in [1.82, 2.24) is 20.2 Å². The zero-order valence-electron chi connectivity index (χ0n) is 8.01. The molecule has 2 rings (SSSR count). The molecule has 78 valence electrons. The smallest absolute Gasteiger partial charge is 0.235 e. The van der Waals surface area contributed by atoms with E-state index in [2.05, 4.69) is 31.5 Å². The van der Waals surface area contributed by atoms with Gasteiger partial charge in [0.1, 0.15) is 0 Å². The lowest BCUT2D eigenvalue weighted by Crippen LogP contribution is -2.08. The van der Waals surface area contributed by atoms with E-state index >= 15 is 0 Å². The van der Waals surface area contributed by atoms with E-state index in [1.165, 1.54) is 0 Å². The zero-order valence-corrected chi connectivity index (χ0v) is 10.4. The Morgan fingerprint density at radius 1 is 1.53 bits per heavy atom. The van der Waals surface area contributed by atoms with Crippen molar-refractivity contribution in [2.24, 2.45) is 0 Å². The largest absolute Gasteiger partial charge is 0.238 e. The first-order chi connectivity index (χ1) is 7.18. The van der Waals surface area contributed by atoms with Gasteiger partial charge in [-0.05, 0) is 36.8 Å². The minimum atomic E-state index is 0.102. The van der Waals surface area contributed by atoms with Crippen LogP contribution < -0.4 is 0 Å². The average Bonchev–Trinajstić information content (AvgIpc) is 2.63. The molecule has 15 heavy (non-hydrogen) atoms. The average molecular weight is 285 g/mol. The van der Waals surface area contributed by atoms with Crippen molar-refractivity contribution >= 4 is 28.1 Å². The minimum absolute atomic E-state index is 0.102. The van der Waals surface area contributed by atoms with E-state index in [-0.39, 0.29) is 6.04 Å². The Morgan fingerprint density at radius 3 is 2.93 bits per heavy atom. The summed E-state index contributed by atoms with van der Waals surface area (Å²) >= 11 is 8.48. The van der Waals surface area contributed by atoms with Gasteiger partial charge in [0, 0.05) is 4.47 Å². The number of benzene rings is 1. The Bertz CT molecular complexity index is 519. The summed E-state index contributed by atoms with van der Waals surface area (Å²) in [6, 6.07) is 8.17. The summed E-state index contributed by atoms with van der Waals surface area (Å²) in [5.74, 6) is 0. The van der Waals surface area contributed by atoms with Crippen LogP contribution in [0, 0.1) is 4.77 Å². The van der Waals surface area contributed by atoms with Crippen LogP contribution in [-0.2, 0) is 0 Å². The van der Waals surface area contributed by atoms with Crippen molar-refractivity contribution in [3.8, 4) is 0 Å². The van der Waals surface area contributed by atoms with E-state index in [1.807, 2.05) is 31.2 Å². The maximum Gasteiger partial charge on any atom is 0.238 e. The van der Waals surface area contributed by atoms with Gasteiger partial charge in [0.25, 0.3) is 0 Å². The molecule has 1 aromatic heterocycles. The molecule has 0 aliphatic rings. The molecule has 0 radical (unpaired) electrons. The van der Waals surface area contributed by atoms with E-state index in [0.717, 1.165) is 10.0 Å². The highest BCUT2D eigenvalue weighted by molar-refractivity contribution is 9.10. The summed E-state index contributed by atoms with van der Waals surface area (Å²) in [5, 5.41) is 10.2. The second kappa shape index (κ2) is 4.24. The number of hydrogen-bond acceptors (Lipinski definition) is 3. The van der Waals surface area contributed by atoms with Gasteiger partial charge in [-0.2, -0.15) is 5.21 Å². The maximum absolute atomic E-state index is 5.04. The molecule has 1 N–H and O–H groups in total. The van der Waals surface area contributed by atoms with Gasteiger partial charge >= 0.3 is 0 Å². The second-order valence-corrected chi connectivity index (χ2v) is 4.46. The Balaban J connectivity index is 2.41. The van der Waals surface area contributed by atoms with Crippen LogP contribution in [-0.4, -0.2) is 20.2 Å². The van der Waals surface area contributed by atoms with Crippen molar-refractivity contribution in [2.75, 3.05) is 0 Å². The Kier molecular flexibility index (Phi) is 2.97. The summed E-state index contributed by atoms with van der Waals surface area (Å²) < 4.78 is 3.25. The molecular formula is C9H9BrN4S. The van der Waals surface area contributed by atoms with Gasteiger partial charge in [0.05, 0.1) is 6.04 Å². The van der Waals surface area contributed by atoms with E-state index in [1.54, 1.807) is 4.68 Å². The topological polar surface area (TPSA) is 46.5 Å². The fourth-order valence-electron chi connectivity index (χ4n) is 1.37. The molecule has 0 fully saturated rings. The molecule has 1 unspecified atom stereocenters. The molecule has 4 nitrogen and oxygen atoms in total. The highest BCUT2D eigenvalue weighted by Gasteiger charge is 2.09. The van der Waals surface area contributed by atoms with Gasteiger partial charge in [-0.25, -0.2) is 4.68 Å². The molecule has 0 aliphatic carbocycles. The van der Waals surface area contributed by atoms with E-state index in [4.69, 9.17) is 12.2 Å². The summed E-state index contributed by atoms with van der Waals surface area (Å²) in [6.45, 7) is 2.04. The molecule has 6 heteroatoms. The number of H-pyrrole nitrogens is 1. The van der Waals surface area contributed by atoms with Crippen molar-refractivity contribution < 1.29 is 0 Å². The van der Waals surface area contributed by atoms with E-state index in [0.29, 0.717) is 4.77 Å². The molecule has 1 aromatic carbocycles. The summed E-state index contributed by atoms with van der Waals surface area (Å²) in [6.07, 6.45) is 0. The quantitative estimate of drug-likeness (QED) is 0.863. The fraction of sp³-hybridized carbons (Fsp3) is 0.222. The zero-order chi connectivity index (χ0) is 10.8. The summed E-state index contributed by atoms with van der Waals surface area (Å²) in [4.78, 5) is 0. The minimum Gasteiger partial charge on any atom is -0.235 e. The number of hydrogen-bond donors (Lipinski definition) is 1. The standard InChI is InChI=1S/C9H9BrN4S/c1-6(14-9(15)11-12-13-14)7-3-2-4-8(10)5-7/h2-6H,1H3,(H,11,13,15). The molecule has 1 heterocycles. The van der Waals surface area contributed by atoms with E-state index in [9.17, 15) is 0 Å². The SMILES string of the molecule is CC(c1cccc(Br)c1)n1[nH]nnc1=S. The third-order valence-corrected chi connectivity index (χ3v) is 2.98. The molecule has 0 saturated heterocycles. The number of nitrogens with zero attached hydrogens (tertiary/aromatic N) is 3. The van der Waals surface area contributed by atoms with Crippen molar-refractivity contribution in [3.63, 3.8) is 0 Å². The fourth-order valence-corrected chi connectivity index (χ4v) is 2.03. The van der Waals surface area contributed by atoms with Crippen molar-refractivity contribution in [2.45, 2.75) is 13.0 Å². The van der Waals surface area contributed by atoms with Crippen LogP contribution in [0.2, 0.25) is 0 Å². The third-order valence-electron chi connectivity index (χ3n) is 2.21. The summed E-state index contributed by atoms with van der Waals surface area (Å²) in [5.41, 5.74) is 1.14. The van der Waals surface area contributed by atoms with Gasteiger partial charge in [-0.1, -0.05) is 38.4 Å². The van der Waals surface area contributed by atoms with Crippen LogP contribution in [0.4, 0.5) is 0 Å². The summed E-state index contributed by atoms with van der Waals surface area (Å²) in [7, 11) is 0. The van der Waals surface area contributed by atoms with Crippen LogP contribution in [0.15, 0.2) is 28.7 Å². The lowest BCUT2D eigenvalue weighted by Gasteiger charge is -2.12. The number of aromatic nitrogens is 4. The third kappa shape index (κ3) is 2.15. The van der Waals surface area contributed by atoms with Crippen molar-refractivity contribution in [3.05, 3.63) is 39.1 Å². The lowest BCUT2D eigenvalue weighted by molar-refractivity contribution is 0.537. The molecular weight excluding hydrogens is 276 g/mol. The predicted molar refractivity (Wildman–Crippen MR) is 63.2 cm³/mol. The first kappa shape index (κ1) is 10.5. The van der Waals surface area contributed by atoms with Gasteiger partial charge in [-0.15, -0.1) is 0 Å². The van der Waals surface area contributed by atoms with Gasteiger partial charge in [-0.3, -0.25) is 0 Å². The van der Waals surface area contributed by atoms with Crippen LogP contribution in [0.1, 0.15) is 18.5 Å². The number of rotatable bonds is 2. The lowest BCUT2D eigenvalue weighted by atomic mass is 10.1. The van der Waals surface area contributed by atoms with Crippen LogP contribution in [0.3, 0.4) is 0 Å². The number of aromatic amines is 1. The molecule has 2 aromatic rings. The Labute approximate surface area is 100 Å². The molecule has 0 saturated carbocycles. The van der Waals surface area contributed by atoms with E-state index < -0.39 is 0 Å². The second-order valence-electron chi connectivity index (χ2n) is 3.18. The molecule has 0 spiro atoms. The Morgan fingerprint density at radius 2 is 2.33 bits per heavy atom. The molecule has 0 bridgehead atoms. The van der Waals surface area contributed by atoms with Crippen LogP contribution in [0.5, 0.6) is 0 Å². The molecule has 0 aliphatic heterocycles. The van der Waals surface area contributed by atoms with Gasteiger partial charge in [0.15, 0.2) is 0 Å². The van der Waals surface area contributed by atoms with Gasteiger partial charge in [0.2, 0.25) is 4.77 Å². The highest BCUT2D eigenvalue weighted by Crippen LogP contribution is 2.20. The van der Waals surface area contributed by atoms with Crippen LogP contribution >= 0.6 is 28.1 Å². The maximum atomic E-state index is 5.04. The molecule has 1 atom stereocenters.